The number of rotatable bonds is 3. The minimum atomic E-state index is -4.49. The van der Waals surface area contributed by atoms with Crippen molar-refractivity contribution in [2.24, 2.45) is 0 Å². The van der Waals surface area contributed by atoms with Crippen LogP contribution < -0.4 is 5.32 Å². The van der Waals surface area contributed by atoms with Crippen molar-refractivity contribution in [3.05, 3.63) is 89.3 Å². The third-order valence-electron chi connectivity index (χ3n) is 4.76. The number of fused-ring (bicyclic) bond motifs is 1. The highest BCUT2D eigenvalue weighted by atomic mass is 19.4. The van der Waals surface area contributed by atoms with Crippen LogP contribution in [0.1, 0.15) is 22.8 Å². The molecule has 1 aliphatic heterocycles. The summed E-state index contributed by atoms with van der Waals surface area (Å²) in [6.45, 7) is 0. The molecule has 1 unspecified atom stereocenters. The number of ether oxygens (including phenoxy) is 1. The molecule has 4 rings (SSSR count). The van der Waals surface area contributed by atoms with Crippen LogP contribution in [0.4, 0.5) is 13.2 Å². The van der Waals surface area contributed by atoms with Gasteiger partial charge in [0.05, 0.1) is 11.1 Å². The molecule has 1 aliphatic rings. The zero-order valence-electron chi connectivity index (χ0n) is 14.9. The van der Waals surface area contributed by atoms with Crippen LogP contribution >= 0.6 is 0 Å². The van der Waals surface area contributed by atoms with Crippen molar-refractivity contribution in [3.63, 3.8) is 0 Å². The van der Waals surface area contributed by atoms with Gasteiger partial charge in [0.25, 0.3) is 0 Å². The van der Waals surface area contributed by atoms with E-state index in [9.17, 15) is 18.0 Å². The Morgan fingerprint density at radius 2 is 1.68 bits per heavy atom. The van der Waals surface area contributed by atoms with Crippen LogP contribution in [0.2, 0.25) is 0 Å². The summed E-state index contributed by atoms with van der Waals surface area (Å²) in [5.41, 5.74) is 0.158. The van der Waals surface area contributed by atoms with Gasteiger partial charge >= 0.3 is 6.18 Å². The van der Waals surface area contributed by atoms with Gasteiger partial charge in [-0.2, -0.15) is 13.2 Å². The highest BCUT2D eigenvalue weighted by molar-refractivity contribution is 6.25. The Morgan fingerprint density at radius 1 is 0.964 bits per heavy atom. The second-order valence-corrected chi connectivity index (χ2v) is 6.46. The first kappa shape index (κ1) is 18.1. The lowest BCUT2D eigenvalue weighted by Gasteiger charge is -2.14. The lowest BCUT2D eigenvalue weighted by atomic mass is 9.93. The second-order valence-electron chi connectivity index (χ2n) is 6.46. The van der Waals surface area contributed by atoms with E-state index in [1.54, 1.807) is 13.1 Å². The summed E-state index contributed by atoms with van der Waals surface area (Å²) in [5, 5.41) is 4.62. The number of Topliss-reactive ketones (excluding diaryl/α,β-unsaturated/α-hetero) is 1. The normalized spacial score (nSPS) is 17.1. The molecule has 0 amide bonds. The monoisotopic (exact) mass is 383 g/mol. The number of ketones is 1. The van der Waals surface area contributed by atoms with Crippen molar-refractivity contribution in [3.8, 4) is 0 Å². The Bertz CT molecular complexity index is 1100. The molecule has 28 heavy (non-hydrogen) atoms. The molecule has 0 saturated carbocycles. The Morgan fingerprint density at radius 3 is 2.43 bits per heavy atom. The van der Waals surface area contributed by atoms with Crippen molar-refractivity contribution in [1.82, 2.24) is 5.32 Å². The summed E-state index contributed by atoms with van der Waals surface area (Å²) in [5.74, 6) is -0.206. The third kappa shape index (κ3) is 3.01. The maximum atomic E-state index is 13.2. The average molecular weight is 383 g/mol. The van der Waals surface area contributed by atoms with E-state index in [1.165, 1.54) is 12.1 Å². The highest BCUT2D eigenvalue weighted by Gasteiger charge is 2.38. The first-order valence-electron chi connectivity index (χ1n) is 8.68. The van der Waals surface area contributed by atoms with Gasteiger partial charge in [-0.25, -0.2) is 0 Å². The van der Waals surface area contributed by atoms with E-state index in [-0.39, 0.29) is 22.8 Å². The van der Waals surface area contributed by atoms with Crippen LogP contribution in [0.3, 0.4) is 0 Å². The molecule has 3 aromatic rings. The van der Waals surface area contributed by atoms with Crippen LogP contribution in [-0.2, 0) is 15.7 Å². The number of halogens is 3. The number of hydrogen-bond acceptors (Lipinski definition) is 3. The van der Waals surface area contributed by atoms with E-state index in [0.717, 1.165) is 22.9 Å². The standard InChI is InChI=1S/C22H16F3NO2/c1-26-21-18(14-8-4-9-15(12-14)22(23,24)25)19(27)20(28-21)17-11-5-7-13-6-2-3-10-16(13)17/h2-12,20,26H,1H3. The van der Waals surface area contributed by atoms with Gasteiger partial charge in [0.1, 0.15) is 0 Å². The molecule has 0 radical (unpaired) electrons. The Labute approximate surface area is 159 Å². The van der Waals surface area contributed by atoms with Gasteiger partial charge in [-0.15, -0.1) is 0 Å². The molecule has 0 saturated heterocycles. The van der Waals surface area contributed by atoms with Crippen LogP contribution in [0, 0.1) is 0 Å². The Hall–Kier alpha value is -3.28. The molecule has 0 bridgehead atoms. The van der Waals surface area contributed by atoms with Crippen molar-refractivity contribution in [2.75, 3.05) is 7.05 Å². The number of hydrogen-bond donors (Lipinski definition) is 1. The summed E-state index contributed by atoms with van der Waals surface area (Å²) in [4.78, 5) is 13.2. The molecule has 0 aliphatic carbocycles. The van der Waals surface area contributed by atoms with Gasteiger partial charge < -0.3 is 10.1 Å². The number of alkyl halides is 3. The van der Waals surface area contributed by atoms with Gasteiger partial charge in [0.2, 0.25) is 5.78 Å². The lowest BCUT2D eigenvalue weighted by molar-refractivity contribution is -0.137. The number of carbonyl (C=O) groups is 1. The van der Waals surface area contributed by atoms with Crippen LogP contribution in [0.25, 0.3) is 16.3 Å². The molecular formula is C22H16F3NO2. The summed E-state index contributed by atoms with van der Waals surface area (Å²) in [7, 11) is 1.57. The number of nitrogens with one attached hydrogen (secondary N) is 1. The smallest absolute Gasteiger partial charge is 0.416 e. The molecule has 0 aromatic heterocycles. The maximum Gasteiger partial charge on any atom is 0.416 e. The molecule has 6 heteroatoms. The summed E-state index contributed by atoms with van der Waals surface area (Å²) < 4.78 is 45.1. The summed E-state index contributed by atoms with van der Waals surface area (Å²) in [6, 6.07) is 17.9. The molecule has 1 N–H and O–H groups in total. The Kier molecular flexibility index (Phi) is 4.34. The predicted molar refractivity (Wildman–Crippen MR) is 100 cm³/mol. The molecule has 3 aromatic carbocycles. The summed E-state index contributed by atoms with van der Waals surface area (Å²) >= 11 is 0. The maximum absolute atomic E-state index is 13.2. The zero-order valence-corrected chi connectivity index (χ0v) is 14.9. The molecule has 1 atom stereocenters. The molecule has 142 valence electrons. The largest absolute Gasteiger partial charge is 0.462 e. The van der Waals surface area contributed by atoms with Gasteiger partial charge in [0, 0.05) is 12.6 Å². The van der Waals surface area contributed by atoms with E-state index in [1.807, 2.05) is 36.4 Å². The minimum Gasteiger partial charge on any atom is -0.462 e. The van der Waals surface area contributed by atoms with E-state index in [2.05, 4.69) is 5.32 Å². The van der Waals surface area contributed by atoms with E-state index < -0.39 is 17.8 Å². The molecular weight excluding hydrogens is 367 g/mol. The van der Waals surface area contributed by atoms with Crippen molar-refractivity contribution in [2.45, 2.75) is 12.3 Å². The van der Waals surface area contributed by atoms with Gasteiger partial charge in [-0.05, 0) is 28.5 Å². The van der Waals surface area contributed by atoms with Crippen LogP contribution in [-0.4, -0.2) is 12.8 Å². The van der Waals surface area contributed by atoms with Crippen LogP contribution in [0.15, 0.2) is 72.6 Å². The van der Waals surface area contributed by atoms with Crippen LogP contribution in [0.5, 0.6) is 0 Å². The molecule has 3 nitrogen and oxygen atoms in total. The minimum absolute atomic E-state index is 0.117. The van der Waals surface area contributed by atoms with Gasteiger partial charge in [0.15, 0.2) is 12.0 Å². The Balaban J connectivity index is 1.79. The van der Waals surface area contributed by atoms with E-state index >= 15 is 0 Å². The first-order valence-corrected chi connectivity index (χ1v) is 8.68. The predicted octanol–water partition coefficient (Wildman–Crippen LogP) is 5.09. The second kappa shape index (κ2) is 6.71. The fraction of sp³-hybridized carbons (Fsp3) is 0.136. The first-order chi connectivity index (χ1) is 13.4. The van der Waals surface area contributed by atoms with E-state index in [0.29, 0.717) is 5.56 Å². The highest BCUT2D eigenvalue weighted by Crippen LogP contribution is 2.40. The van der Waals surface area contributed by atoms with Gasteiger partial charge in [-0.3, -0.25) is 4.79 Å². The fourth-order valence-electron chi connectivity index (χ4n) is 3.47. The number of benzene rings is 3. The lowest BCUT2D eigenvalue weighted by Crippen LogP contribution is -2.11. The van der Waals surface area contributed by atoms with Crippen molar-refractivity contribution in [1.29, 1.82) is 0 Å². The quantitative estimate of drug-likeness (QED) is 0.685. The third-order valence-corrected chi connectivity index (χ3v) is 4.76. The van der Waals surface area contributed by atoms with Crippen molar-refractivity contribution < 1.29 is 22.7 Å². The topological polar surface area (TPSA) is 38.3 Å². The molecule has 0 fully saturated rings. The SMILES string of the molecule is CNC1=C(c2cccc(C(F)(F)F)c2)C(=O)C(c2cccc3ccccc23)O1. The number of carbonyl (C=O) groups excluding carboxylic acids is 1. The molecule has 1 heterocycles. The van der Waals surface area contributed by atoms with Gasteiger partial charge in [-0.1, -0.05) is 54.6 Å². The fourth-order valence-corrected chi connectivity index (χ4v) is 3.47. The average Bonchev–Trinajstić information content (AvgIpc) is 3.03. The van der Waals surface area contributed by atoms with E-state index in [4.69, 9.17) is 4.74 Å². The summed E-state index contributed by atoms with van der Waals surface area (Å²) in [6.07, 6.45) is -5.41. The zero-order chi connectivity index (χ0) is 19.9. The molecule has 0 spiro atoms. The van der Waals surface area contributed by atoms with Crippen molar-refractivity contribution >= 4 is 22.1 Å².